The first-order valence-electron chi connectivity index (χ1n) is 8.73. The number of carbonyl (C=O) groups excluding carboxylic acids is 1. The first kappa shape index (κ1) is 18.6. The number of amides is 1. The van der Waals surface area contributed by atoms with E-state index in [9.17, 15) is 9.18 Å². The third-order valence-corrected chi connectivity index (χ3v) is 6.24. The molecule has 3 aromatic rings. The molecule has 1 saturated heterocycles. The van der Waals surface area contributed by atoms with Crippen LogP contribution in [0.3, 0.4) is 0 Å². The lowest BCUT2D eigenvalue weighted by atomic mass is 10.1. The number of aromatic nitrogens is 1. The Bertz CT molecular complexity index is 987. The molecule has 2 aromatic heterocycles. The summed E-state index contributed by atoms with van der Waals surface area (Å²) in [6, 6.07) is 8.95. The zero-order valence-electron chi connectivity index (χ0n) is 14.4. The van der Waals surface area contributed by atoms with Gasteiger partial charge in [-0.3, -0.25) is 4.79 Å². The van der Waals surface area contributed by atoms with E-state index >= 15 is 0 Å². The Kier molecular flexibility index (Phi) is 5.55. The van der Waals surface area contributed by atoms with Crippen molar-refractivity contribution >= 4 is 60.7 Å². The highest BCUT2D eigenvalue weighted by molar-refractivity contribution is 14.1. The van der Waals surface area contributed by atoms with Crippen molar-refractivity contribution in [3.63, 3.8) is 0 Å². The maximum absolute atomic E-state index is 14.3. The minimum absolute atomic E-state index is 0.170. The lowest BCUT2D eigenvalue weighted by molar-refractivity contribution is 0.0953. The molecule has 1 atom stereocenters. The van der Waals surface area contributed by atoms with Crippen LogP contribution in [0.1, 0.15) is 23.2 Å². The quantitative estimate of drug-likeness (QED) is 0.462. The van der Waals surface area contributed by atoms with Gasteiger partial charge in [-0.1, -0.05) is 11.3 Å². The van der Waals surface area contributed by atoms with E-state index in [4.69, 9.17) is 0 Å². The molecule has 1 aliphatic heterocycles. The van der Waals surface area contributed by atoms with Crippen molar-refractivity contribution in [1.29, 1.82) is 0 Å². The van der Waals surface area contributed by atoms with Gasteiger partial charge in [0.05, 0.1) is 11.3 Å². The molecule has 27 heavy (non-hydrogen) atoms. The van der Waals surface area contributed by atoms with Gasteiger partial charge in [0.15, 0.2) is 0 Å². The molecule has 0 unspecified atom stereocenters. The van der Waals surface area contributed by atoms with Gasteiger partial charge in [0.2, 0.25) is 0 Å². The van der Waals surface area contributed by atoms with Gasteiger partial charge in [-0.2, -0.15) is 0 Å². The molecule has 8 heteroatoms. The van der Waals surface area contributed by atoms with E-state index in [-0.39, 0.29) is 11.7 Å². The van der Waals surface area contributed by atoms with Crippen LogP contribution in [0.25, 0.3) is 10.2 Å². The summed E-state index contributed by atoms with van der Waals surface area (Å²) in [5.41, 5.74) is 0.854. The second-order valence-electron chi connectivity index (χ2n) is 6.41. The molecule has 0 aliphatic carbocycles. The second kappa shape index (κ2) is 8.07. The van der Waals surface area contributed by atoms with E-state index in [1.807, 2.05) is 12.1 Å². The summed E-state index contributed by atoms with van der Waals surface area (Å²) in [5, 5.41) is 10.8. The minimum atomic E-state index is -0.353. The lowest BCUT2D eigenvalue weighted by Crippen LogP contribution is -2.37. The molecule has 1 amide bonds. The highest BCUT2D eigenvalue weighted by Crippen LogP contribution is 2.37. The number of hydrogen-bond acceptors (Lipinski definition) is 5. The first-order chi connectivity index (χ1) is 13.1. The van der Waals surface area contributed by atoms with E-state index < -0.39 is 0 Å². The predicted octanol–water partition coefficient (Wildman–Crippen LogP) is 4.27. The summed E-state index contributed by atoms with van der Waals surface area (Å²) in [5.74, 6) is -0.523. The molecule has 3 heterocycles. The van der Waals surface area contributed by atoms with E-state index in [1.54, 1.807) is 18.3 Å². The minimum Gasteiger partial charge on any atom is -0.350 e. The normalized spacial score (nSPS) is 16.6. The van der Waals surface area contributed by atoms with Gasteiger partial charge in [0.1, 0.15) is 15.6 Å². The third kappa shape index (κ3) is 4.07. The van der Waals surface area contributed by atoms with Crippen LogP contribution in [0.5, 0.6) is 0 Å². The van der Waals surface area contributed by atoms with E-state index in [2.05, 4.69) is 43.5 Å². The lowest BCUT2D eigenvalue weighted by Gasteiger charge is -2.13. The van der Waals surface area contributed by atoms with Crippen molar-refractivity contribution in [3.05, 3.63) is 51.5 Å². The van der Waals surface area contributed by atoms with Crippen LogP contribution >= 0.6 is 33.9 Å². The number of nitrogens with one attached hydrogen (secondary N) is 3. The van der Waals surface area contributed by atoms with E-state index in [0.717, 1.165) is 33.2 Å². The summed E-state index contributed by atoms with van der Waals surface area (Å²) in [6.45, 7) is 1.57. The topological polar surface area (TPSA) is 66.1 Å². The van der Waals surface area contributed by atoms with Crippen LogP contribution in [-0.2, 0) is 0 Å². The average molecular weight is 496 g/mol. The maximum atomic E-state index is 14.3. The van der Waals surface area contributed by atoms with Crippen LogP contribution in [0.4, 0.5) is 15.1 Å². The van der Waals surface area contributed by atoms with Crippen LogP contribution in [0, 0.1) is 9.39 Å². The van der Waals surface area contributed by atoms with Crippen molar-refractivity contribution in [3.8, 4) is 0 Å². The fourth-order valence-corrected chi connectivity index (χ4v) is 4.70. The monoisotopic (exact) mass is 496 g/mol. The summed E-state index contributed by atoms with van der Waals surface area (Å²) in [4.78, 5) is 18.0. The summed E-state index contributed by atoms with van der Waals surface area (Å²) in [6.07, 6.45) is 3.88. The van der Waals surface area contributed by atoms with Crippen LogP contribution in [0.2, 0.25) is 0 Å². The molecule has 1 aromatic carbocycles. The number of pyridine rings is 1. The Morgan fingerprint density at radius 2 is 2.30 bits per heavy atom. The average Bonchev–Trinajstić information content (AvgIpc) is 3.29. The number of nitrogens with zero attached hydrogens (tertiary/aromatic N) is 1. The van der Waals surface area contributed by atoms with Gasteiger partial charge in [0, 0.05) is 27.7 Å². The molecule has 0 bridgehead atoms. The molecule has 0 saturated carbocycles. The zero-order valence-corrected chi connectivity index (χ0v) is 17.4. The Morgan fingerprint density at radius 1 is 1.41 bits per heavy atom. The fraction of sp³-hybridized carbons (Fsp3) is 0.263. The smallest absolute Gasteiger partial charge is 0.255 e. The maximum Gasteiger partial charge on any atom is 0.255 e. The van der Waals surface area contributed by atoms with Gasteiger partial charge >= 0.3 is 0 Å². The molecule has 0 radical (unpaired) electrons. The van der Waals surface area contributed by atoms with Crippen LogP contribution in [0.15, 0.2) is 36.5 Å². The number of fused-ring (bicyclic) bond motifs is 1. The third-order valence-electron chi connectivity index (χ3n) is 4.54. The fourth-order valence-electron chi connectivity index (χ4n) is 3.19. The number of rotatable bonds is 5. The number of hydrogen-bond donors (Lipinski definition) is 3. The van der Waals surface area contributed by atoms with Gasteiger partial charge in [-0.15, -0.1) is 0 Å². The van der Waals surface area contributed by atoms with Crippen molar-refractivity contribution in [2.24, 2.45) is 0 Å². The number of anilines is 2. The first-order valence-corrected chi connectivity index (χ1v) is 10.6. The molecule has 140 valence electrons. The highest BCUT2D eigenvalue weighted by atomic mass is 127. The summed E-state index contributed by atoms with van der Waals surface area (Å²) >= 11 is 3.42. The van der Waals surface area contributed by atoms with Crippen molar-refractivity contribution in [2.75, 3.05) is 18.4 Å². The van der Waals surface area contributed by atoms with E-state index in [0.29, 0.717) is 28.8 Å². The number of halogens is 2. The van der Waals surface area contributed by atoms with Crippen molar-refractivity contribution < 1.29 is 9.18 Å². The van der Waals surface area contributed by atoms with Gasteiger partial charge in [-0.05, 0) is 72.3 Å². The molecular weight excluding hydrogens is 478 g/mol. The second-order valence-corrected chi connectivity index (χ2v) is 8.66. The van der Waals surface area contributed by atoms with E-state index in [1.165, 1.54) is 17.4 Å². The zero-order chi connectivity index (χ0) is 18.8. The van der Waals surface area contributed by atoms with Gasteiger partial charge in [0.25, 0.3) is 5.91 Å². The van der Waals surface area contributed by atoms with Crippen molar-refractivity contribution in [1.82, 2.24) is 15.6 Å². The molecule has 0 spiro atoms. The van der Waals surface area contributed by atoms with Gasteiger partial charge in [-0.25, -0.2) is 9.37 Å². The Labute approximate surface area is 173 Å². The predicted molar refractivity (Wildman–Crippen MR) is 115 cm³/mol. The standard InChI is InChI=1S/C19H18FIN4OS/c20-14-9-11(21)5-6-15(14)25-19-16(13-4-2-8-23-18(13)27-19)17(26)24-10-12-3-1-7-22-12/h2,4-6,8-9,12,22,25H,1,3,7,10H2,(H,24,26)/t12-/m0/s1. The molecule has 4 rings (SSSR count). The summed E-state index contributed by atoms with van der Waals surface area (Å²) < 4.78 is 15.1. The highest BCUT2D eigenvalue weighted by Gasteiger charge is 2.22. The molecular formula is C19H18FIN4OS. The molecule has 3 N–H and O–H groups in total. The van der Waals surface area contributed by atoms with Crippen molar-refractivity contribution in [2.45, 2.75) is 18.9 Å². The van der Waals surface area contributed by atoms with Crippen LogP contribution < -0.4 is 16.0 Å². The largest absolute Gasteiger partial charge is 0.350 e. The Morgan fingerprint density at radius 3 is 3.07 bits per heavy atom. The Hall–Kier alpha value is -1.78. The summed E-state index contributed by atoms with van der Waals surface area (Å²) in [7, 11) is 0. The number of thiophene rings is 1. The number of benzene rings is 1. The number of carbonyl (C=O) groups is 1. The molecule has 5 nitrogen and oxygen atoms in total. The van der Waals surface area contributed by atoms with Crippen LogP contribution in [-0.4, -0.2) is 30.0 Å². The molecule has 1 aliphatic rings. The SMILES string of the molecule is O=C(NC[C@@H]1CCCN1)c1c(Nc2ccc(I)cc2F)sc2ncccc12. The molecule has 1 fully saturated rings. The van der Waals surface area contributed by atoms with Gasteiger partial charge < -0.3 is 16.0 Å². The Balaban J connectivity index is 1.65.